The minimum Gasteiger partial charge on any atom is -0.462 e. The molecular weight excluding hydrogens is 713 g/mol. The summed E-state index contributed by atoms with van der Waals surface area (Å²) in [5.74, 6) is -0.880. The number of carbonyl (C=O) groups is 2. The predicted molar refractivity (Wildman–Crippen MR) is 229 cm³/mol. The van der Waals surface area contributed by atoms with E-state index < -0.39 is 32.5 Å². The van der Waals surface area contributed by atoms with Crippen LogP contribution in [0.1, 0.15) is 206 Å². The second kappa shape index (κ2) is 41.9. The molecule has 2 atom stereocenters. The molecule has 9 nitrogen and oxygen atoms in total. The number of phosphoric ester groups is 1. The largest absolute Gasteiger partial charge is 0.472 e. The molecule has 0 aromatic heterocycles. The van der Waals surface area contributed by atoms with E-state index in [1.54, 1.807) is 0 Å². The Labute approximate surface area is 337 Å². The Balaban J connectivity index is 4.18. The van der Waals surface area contributed by atoms with E-state index in [2.05, 4.69) is 50.3 Å². The summed E-state index contributed by atoms with van der Waals surface area (Å²) in [6, 6.07) is 0. The van der Waals surface area contributed by atoms with Crippen LogP contribution < -0.4 is 5.73 Å². The van der Waals surface area contributed by atoms with Gasteiger partial charge in [0.1, 0.15) is 6.61 Å². The molecule has 0 spiro atoms. The SMILES string of the molecule is CCCCCC/C=C/CCCCCCCCCCCC(=O)O[C@H](COC(=O)CCC/C=C/C/C=C/CCCCCCCCCCC)COP(=O)(O)OCCN. The highest BCUT2D eigenvalue weighted by Gasteiger charge is 2.26. The monoisotopic (exact) mass is 798 g/mol. The molecule has 0 heterocycles. The molecule has 0 aliphatic heterocycles. The first kappa shape index (κ1) is 53.2. The Morgan fingerprint density at radius 1 is 0.545 bits per heavy atom. The summed E-state index contributed by atoms with van der Waals surface area (Å²) < 4.78 is 32.8. The molecule has 1 unspecified atom stereocenters. The molecule has 0 rings (SSSR count). The highest BCUT2D eigenvalue weighted by Crippen LogP contribution is 2.43. The molecular formula is C45H84NO8P. The Kier molecular flexibility index (Phi) is 40.5. The van der Waals surface area contributed by atoms with E-state index in [1.807, 2.05) is 0 Å². The minimum absolute atomic E-state index is 0.0480. The maximum Gasteiger partial charge on any atom is 0.472 e. The summed E-state index contributed by atoms with van der Waals surface area (Å²) >= 11 is 0. The van der Waals surface area contributed by atoms with Crippen molar-refractivity contribution in [3.05, 3.63) is 36.5 Å². The van der Waals surface area contributed by atoms with Gasteiger partial charge in [0.15, 0.2) is 6.10 Å². The van der Waals surface area contributed by atoms with Crippen LogP contribution in [0.15, 0.2) is 36.5 Å². The zero-order chi connectivity index (χ0) is 40.3. The number of nitrogens with two attached hydrogens (primary N) is 1. The van der Waals surface area contributed by atoms with Gasteiger partial charge >= 0.3 is 19.8 Å². The fraction of sp³-hybridized carbons (Fsp3) is 0.822. The summed E-state index contributed by atoms with van der Waals surface area (Å²) in [4.78, 5) is 34.9. The van der Waals surface area contributed by atoms with Crippen LogP contribution in [0.2, 0.25) is 0 Å². The van der Waals surface area contributed by atoms with Crippen molar-refractivity contribution in [2.45, 2.75) is 213 Å². The van der Waals surface area contributed by atoms with Crippen molar-refractivity contribution in [1.82, 2.24) is 0 Å². The average molecular weight is 798 g/mol. The molecule has 0 aromatic rings. The van der Waals surface area contributed by atoms with Gasteiger partial charge in [-0.05, 0) is 64.2 Å². The first-order valence-corrected chi connectivity index (χ1v) is 24.0. The van der Waals surface area contributed by atoms with E-state index in [0.717, 1.165) is 38.5 Å². The number of esters is 2. The fourth-order valence-corrected chi connectivity index (χ4v) is 6.90. The molecule has 10 heteroatoms. The summed E-state index contributed by atoms with van der Waals surface area (Å²) in [5.41, 5.74) is 5.35. The van der Waals surface area contributed by atoms with E-state index in [9.17, 15) is 19.0 Å². The van der Waals surface area contributed by atoms with Gasteiger partial charge in [0.2, 0.25) is 0 Å². The Morgan fingerprint density at radius 2 is 0.964 bits per heavy atom. The third kappa shape index (κ3) is 41.7. The Hall–Kier alpha value is -1.77. The zero-order valence-electron chi connectivity index (χ0n) is 35.4. The Morgan fingerprint density at radius 3 is 1.47 bits per heavy atom. The fourth-order valence-electron chi connectivity index (χ4n) is 6.14. The number of phosphoric acid groups is 1. The van der Waals surface area contributed by atoms with Crippen LogP contribution in [0.25, 0.3) is 0 Å². The van der Waals surface area contributed by atoms with Crippen LogP contribution >= 0.6 is 7.82 Å². The molecule has 0 aliphatic rings. The highest BCUT2D eigenvalue weighted by molar-refractivity contribution is 7.47. The van der Waals surface area contributed by atoms with Gasteiger partial charge < -0.3 is 20.1 Å². The zero-order valence-corrected chi connectivity index (χ0v) is 36.3. The van der Waals surface area contributed by atoms with Crippen LogP contribution in [0, 0.1) is 0 Å². The van der Waals surface area contributed by atoms with Gasteiger partial charge in [0, 0.05) is 19.4 Å². The maximum atomic E-state index is 12.6. The van der Waals surface area contributed by atoms with Crippen molar-refractivity contribution >= 4 is 19.8 Å². The van der Waals surface area contributed by atoms with Gasteiger partial charge in [-0.25, -0.2) is 4.57 Å². The molecule has 3 N–H and O–H groups in total. The van der Waals surface area contributed by atoms with Crippen molar-refractivity contribution in [3.8, 4) is 0 Å². The van der Waals surface area contributed by atoms with Gasteiger partial charge in [-0.3, -0.25) is 18.6 Å². The molecule has 0 aromatic carbocycles. The van der Waals surface area contributed by atoms with E-state index in [1.165, 1.54) is 128 Å². The minimum atomic E-state index is -4.38. The molecule has 0 aliphatic carbocycles. The van der Waals surface area contributed by atoms with Gasteiger partial charge in [-0.1, -0.05) is 166 Å². The molecule has 322 valence electrons. The van der Waals surface area contributed by atoms with Crippen molar-refractivity contribution in [3.63, 3.8) is 0 Å². The van der Waals surface area contributed by atoms with E-state index in [4.69, 9.17) is 24.3 Å². The average Bonchev–Trinajstić information content (AvgIpc) is 3.17. The second-order valence-corrected chi connectivity index (χ2v) is 16.4. The van der Waals surface area contributed by atoms with Crippen LogP contribution in [0.3, 0.4) is 0 Å². The predicted octanol–water partition coefficient (Wildman–Crippen LogP) is 12.9. The lowest BCUT2D eigenvalue weighted by Crippen LogP contribution is -2.29. The van der Waals surface area contributed by atoms with Crippen molar-refractivity contribution in [1.29, 1.82) is 0 Å². The van der Waals surface area contributed by atoms with E-state index in [0.29, 0.717) is 12.8 Å². The summed E-state index contributed by atoms with van der Waals surface area (Å²) in [6.45, 7) is 3.68. The smallest absolute Gasteiger partial charge is 0.462 e. The normalized spacial score (nSPS) is 13.6. The number of carbonyl (C=O) groups excluding carboxylic acids is 2. The number of rotatable bonds is 42. The third-order valence-electron chi connectivity index (χ3n) is 9.50. The second-order valence-electron chi connectivity index (χ2n) is 14.9. The summed E-state index contributed by atoms with van der Waals surface area (Å²) in [6.07, 6.45) is 46.1. The van der Waals surface area contributed by atoms with E-state index in [-0.39, 0.29) is 32.6 Å². The Bertz CT molecular complexity index is 1000. The van der Waals surface area contributed by atoms with Crippen LogP contribution in [0.4, 0.5) is 0 Å². The first-order chi connectivity index (χ1) is 26.8. The first-order valence-electron chi connectivity index (χ1n) is 22.5. The lowest BCUT2D eigenvalue weighted by molar-refractivity contribution is -0.161. The number of ether oxygens (including phenoxy) is 2. The third-order valence-corrected chi connectivity index (χ3v) is 10.5. The van der Waals surface area contributed by atoms with Crippen LogP contribution in [0.5, 0.6) is 0 Å². The lowest BCUT2D eigenvalue weighted by atomic mass is 10.1. The molecule has 0 fully saturated rings. The highest BCUT2D eigenvalue weighted by atomic mass is 31.2. The number of unbranched alkanes of at least 4 members (excludes halogenated alkanes) is 23. The molecule has 0 radical (unpaired) electrons. The van der Waals surface area contributed by atoms with Crippen molar-refractivity contribution < 1.29 is 37.6 Å². The van der Waals surface area contributed by atoms with Gasteiger partial charge in [0.25, 0.3) is 0 Å². The van der Waals surface area contributed by atoms with Crippen molar-refractivity contribution in [2.24, 2.45) is 5.73 Å². The number of allylic oxidation sites excluding steroid dienone is 6. The summed E-state index contributed by atoms with van der Waals surface area (Å²) in [5, 5.41) is 0. The van der Waals surface area contributed by atoms with Crippen LogP contribution in [-0.2, 0) is 32.7 Å². The lowest BCUT2D eigenvalue weighted by Gasteiger charge is -2.19. The molecule has 0 amide bonds. The van der Waals surface area contributed by atoms with Gasteiger partial charge in [-0.2, -0.15) is 0 Å². The van der Waals surface area contributed by atoms with E-state index >= 15 is 0 Å². The van der Waals surface area contributed by atoms with Crippen molar-refractivity contribution in [2.75, 3.05) is 26.4 Å². The number of hydrogen-bond donors (Lipinski definition) is 2. The topological polar surface area (TPSA) is 134 Å². The van der Waals surface area contributed by atoms with Gasteiger partial charge in [0.05, 0.1) is 13.2 Å². The molecule has 0 bridgehead atoms. The number of hydrogen-bond acceptors (Lipinski definition) is 8. The summed E-state index contributed by atoms with van der Waals surface area (Å²) in [7, 11) is -4.38. The molecule has 0 saturated carbocycles. The van der Waals surface area contributed by atoms with Crippen LogP contribution in [-0.4, -0.2) is 49.3 Å². The molecule has 55 heavy (non-hydrogen) atoms. The van der Waals surface area contributed by atoms with Gasteiger partial charge in [-0.15, -0.1) is 0 Å². The maximum absolute atomic E-state index is 12.6. The molecule has 0 saturated heterocycles. The quantitative estimate of drug-likeness (QED) is 0.0268. The standard InChI is InChI=1S/C45H84NO8P/c1-3-5-7-9-11-13-15-17-19-21-23-25-27-29-31-33-35-37-44(47)51-41-43(42-53-55(49,50)52-40-39-46)54-45(48)38-36-34-32-30-28-26-24-22-20-18-16-14-12-10-8-6-4-2/h14,16,23,25,29,31,43H,3-13,15,17-22,24,26-28,30,32-42,46H2,1-2H3,(H,49,50)/b16-14+,25-23+,31-29+/t43-/m1/s1.